The summed E-state index contributed by atoms with van der Waals surface area (Å²) in [5.41, 5.74) is 3.02. The number of hydrogen-bond acceptors (Lipinski definition) is 4. The van der Waals surface area contributed by atoms with Crippen LogP contribution in [-0.2, 0) is 0 Å². The van der Waals surface area contributed by atoms with Crippen LogP contribution >= 0.6 is 0 Å². The summed E-state index contributed by atoms with van der Waals surface area (Å²) >= 11 is 0. The number of aromatic nitrogens is 1. The number of methoxy groups -OCH3 is 1. The second-order valence-corrected chi connectivity index (χ2v) is 5.89. The Morgan fingerprint density at radius 1 is 1.00 bits per heavy atom. The van der Waals surface area contributed by atoms with Crippen molar-refractivity contribution in [3.8, 4) is 5.75 Å². The van der Waals surface area contributed by atoms with E-state index in [9.17, 15) is 4.79 Å². The molecule has 132 valence electrons. The van der Waals surface area contributed by atoms with Gasteiger partial charge >= 0.3 is 0 Å². The van der Waals surface area contributed by atoms with Crippen molar-refractivity contribution in [2.24, 2.45) is 0 Å². The molecular weight excluding hydrogens is 326 g/mol. The standard InChI is InChI=1S/C21H21N3O2/c1-15(16-7-4-3-5-8-16)23-18-11-12-22-20(14-18)21(25)24-17-9-6-10-19(13-17)26-2/h3-15H,1-2H3,(H,22,23)(H,24,25). The molecule has 3 aromatic rings. The molecule has 2 aromatic carbocycles. The number of amides is 1. The van der Waals surface area contributed by atoms with Gasteiger partial charge in [-0.25, -0.2) is 0 Å². The van der Waals surface area contributed by atoms with Crippen molar-refractivity contribution in [1.82, 2.24) is 4.98 Å². The van der Waals surface area contributed by atoms with Gasteiger partial charge in [-0.1, -0.05) is 36.4 Å². The van der Waals surface area contributed by atoms with E-state index in [1.807, 2.05) is 36.4 Å². The number of benzene rings is 2. The predicted octanol–water partition coefficient (Wildman–Crippen LogP) is 4.52. The number of carbonyl (C=O) groups is 1. The van der Waals surface area contributed by atoms with Gasteiger partial charge in [0.1, 0.15) is 11.4 Å². The molecule has 1 atom stereocenters. The van der Waals surface area contributed by atoms with E-state index in [-0.39, 0.29) is 11.9 Å². The van der Waals surface area contributed by atoms with Crippen molar-refractivity contribution in [1.29, 1.82) is 0 Å². The first-order valence-electron chi connectivity index (χ1n) is 8.38. The number of anilines is 2. The number of rotatable bonds is 6. The summed E-state index contributed by atoms with van der Waals surface area (Å²) in [4.78, 5) is 16.7. The Bertz CT molecular complexity index is 881. The molecule has 2 N–H and O–H groups in total. The van der Waals surface area contributed by atoms with Crippen molar-refractivity contribution in [2.45, 2.75) is 13.0 Å². The fraction of sp³-hybridized carbons (Fsp3) is 0.143. The fourth-order valence-corrected chi connectivity index (χ4v) is 2.62. The highest BCUT2D eigenvalue weighted by atomic mass is 16.5. The van der Waals surface area contributed by atoms with Gasteiger partial charge in [0.15, 0.2) is 0 Å². The minimum atomic E-state index is -0.269. The smallest absolute Gasteiger partial charge is 0.274 e. The van der Waals surface area contributed by atoms with Crippen molar-refractivity contribution < 1.29 is 9.53 Å². The molecule has 1 heterocycles. The van der Waals surface area contributed by atoms with Gasteiger partial charge in [0.25, 0.3) is 5.91 Å². The Kier molecular flexibility index (Phi) is 5.49. The summed E-state index contributed by atoms with van der Waals surface area (Å²) in [6, 6.07) is 21.1. The Morgan fingerprint density at radius 2 is 1.81 bits per heavy atom. The summed E-state index contributed by atoms with van der Waals surface area (Å²) in [6.07, 6.45) is 1.63. The van der Waals surface area contributed by atoms with Crippen LogP contribution in [0.4, 0.5) is 11.4 Å². The molecule has 5 nitrogen and oxygen atoms in total. The Labute approximate surface area is 153 Å². The highest BCUT2D eigenvalue weighted by Gasteiger charge is 2.11. The number of ether oxygens (including phenoxy) is 1. The maximum atomic E-state index is 12.5. The van der Waals surface area contributed by atoms with Gasteiger partial charge in [0, 0.05) is 29.7 Å². The number of hydrogen-bond donors (Lipinski definition) is 2. The summed E-state index contributed by atoms with van der Waals surface area (Å²) < 4.78 is 5.17. The molecule has 0 radical (unpaired) electrons. The first-order chi connectivity index (χ1) is 12.7. The topological polar surface area (TPSA) is 63.2 Å². The van der Waals surface area contributed by atoms with Gasteiger partial charge < -0.3 is 15.4 Å². The van der Waals surface area contributed by atoms with Gasteiger partial charge in [-0.05, 0) is 36.8 Å². The van der Waals surface area contributed by atoms with Crippen LogP contribution in [0.15, 0.2) is 72.9 Å². The summed E-state index contributed by atoms with van der Waals surface area (Å²) in [6.45, 7) is 2.08. The van der Waals surface area contributed by atoms with Crippen LogP contribution in [0.1, 0.15) is 29.0 Å². The average Bonchev–Trinajstić information content (AvgIpc) is 2.69. The summed E-state index contributed by atoms with van der Waals surface area (Å²) in [5.74, 6) is 0.414. The lowest BCUT2D eigenvalue weighted by atomic mass is 10.1. The SMILES string of the molecule is COc1cccc(NC(=O)c2cc(NC(C)c3ccccc3)ccn2)c1. The lowest BCUT2D eigenvalue weighted by molar-refractivity contribution is 0.102. The van der Waals surface area contributed by atoms with Crippen LogP contribution in [0.2, 0.25) is 0 Å². The van der Waals surface area contributed by atoms with E-state index >= 15 is 0 Å². The van der Waals surface area contributed by atoms with E-state index < -0.39 is 0 Å². The van der Waals surface area contributed by atoms with E-state index in [2.05, 4.69) is 34.7 Å². The van der Waals surface area contributed by atoms with Gasteiger partial charge in [0.05, 0.1) is 7.11 Å². The second-order valence-electron chi connectivity index (χ2n) is 5.89. The molecule has 0 aliphatic rings. The molecular formula is C21H21N3O2. The minimum Gasteiger partial charge on any atom is -0.497 e. The molecule has 0 fully saturated rings. The number of carbonyl (C=O) groups excluding carboxylic acids is 1. The van der Waals surface area contributed by atoms with Crippen LogP contribution in [0.3, 0.4) is 0 Å². The largest absolute Gasteiger partial charge is 0.497 e. The Hall–Kier alpha value is -3.34. The highest BCUT2D eigenvalue weighted by molar-refractivity contribution is 6.03. The molecule has 0 aliphatic carbocycles. The van der Waals surface area contributed by atoms with Gasteiger partial charge in [-0.15, -0.1) is 0 Å². The lowest BCUT2D eigenvalue weighted by Crippen LogP contribution is -2.14. The first-order valence-corrected chi connectivity index (χ1v) is 8.38. The lowest BCUT2D eigenvalue weighted by Gasteiger charge is -2.16. The van der Waals surface area contributed by atoms with Crippen LogP contribution in [-0.4, -0.2) is 18.0 Å². The van der Waals surface area contributed by atoms with Crippen molar-refractivity contribution in [3.05, 3.63) is 84.2 Å². The molecule has 1 aromatic heterocycles. The van der Waals surface area contributed by atoms with Crippen LogP contribution in [0.25, 0.3) is 0 Å². The summed E-state index contributed by atoms with van der Waals surface area (Å²) in [5, 5.41) is 6.23. The first kappa shape index (κ1) is 17.5. The van der Waals surface area contributed by atoms with Crippen molar-refractivity contribution >= 4 is 17.3 Å². The molecule has 3 rings (SSSR count). The highest BCUT2D eigenvalue weighted by Crippen LogP contribution is 2.20. The van der Waals surface area contributed by atoms with E-state index in [0.717, 1.165) is 5.69 Å². The second kappa shape index (κ2) is 8.16. The molecule has 0 spiro atoms. The van der Waals surface area contributed by atoms with Gasteiger partial charge in [-0.2, -0.15) is 0 Å². The average molecular weight is 347 g/mol. The maximum Gasteiger partial charge on any atom is 0.274 e. The van der Waals surface area contributed by atoms with Crippen LogP contribution in [0.5, 0.6) is 5.75 Å². The Morgan fingerprint density at radius 3 is 2.58 bits per heavy atom. The quantitative estimate of drug-likeness (QED) is 0.688. The minimum absolute atomic E-state index is 0.118. The van der Waals surface area contributed by atoms with Gasteiger partial charge in [0.2, 0.25) is 0 Å². The zero-order chi connectivity index (χ0) is 18.4. The Balaban J connectivity index is 1.71. The predicted molar refractivity (Wildman–Crippen MR) is 104 cm³/mol. The zero-order valence-corrected chi connectivity index (χ0v) is 14.8. The van der Waals surface area contributed by atoms with Crippen molar-refractivity contribution in [3.63, 3.8) is 0 Å². The number of pyridine rings is 1. The zero-order valence-electron chi connectivity index (χ0n) is 14.8. The van der Waals surface area contributed by atoms with Crippen LogP contribution < -0.4 is 15.4 Å². The molecule has 0 bridgehead atoms. The number of nitrogens with zero attached hydrogens (tertiary/aromatic N) is 1. The third kappa shape index (κ3) is 4.39. The van der Waals surface area contributed by atoms with E-state index in [1.165, 1.54) is 5.56 Å². The van der Waals surface area contributed by atoms with E-state index in [1.54, 1.807) is 31.5 Å². The van der Waals surface area contributed by atoms with Gasteiger partial charge in [-0.3, -0.25) is 9.78 Å². The maximum absolute atomic E-state index is 12.5. The molecule has 0 saturated carbocycles. The summed E-state index contributed by atoms with van der Waals surface area (Å²) in [7, 11) is 1.59. The molecule has 0 saturated heterocycles. The molecule has 1 amide bonds. The van der Waals surface area contributed by atoms with E-state index in [4.69, 9.17) is 4.74 Å². The van der Waals surface area contributed by atoms with Crippen molar-refractivity contribution in [2.75, 3.05) is 17.7 Å². The third-order valence-electron chi connectivity index (χ3n) is 4.00. The number of nitrogens with one attached hydrogen (secondary N) is 2. The normalized spacial score (nSPS) is 11.5. The third-order valence-corrected chi connectivity index (χ3v) is 4.00. The molecule has 1 unspecified atom stereocenters. The molecule has 5 heteroatoms. The van der Waals surface area contributed by atoms with E-state index in [0.29, 0.717) is 17.1 Å². The van der Waals surface area contributed by atoms with Crippen LogP contribution in [0, 0.1) is 0 Å². The molecule has 0 aliphatic heterocycles. The molecule has 26 heavy (non-hydrogen) atoms. The fourth-order valence-electron chi connectivity index (χ4n) is 2.62. The monoisotopic (exact) mass is 347 g/mol.